The van der Waals surface area contributed by atoms with Crippen LogP contribution in [0.4, 0.5) is 4.39 Å². The first-order chi connectivity index (χ1) is 10.8. The average molecular weight is 339 g/mol. The van der Waals surface area contributed by atoms with Crippen molar-refractivity contribution < 1.29 is 17.6 Å². The van der Waals surface area contributed by atoms with Gasteiger partial charge in [0.1, 0.15) is 11.5 Å². The van der Waals surface area contributed by atoms with Gasteiger partial charge in [-0.25, -0.2) is 17.1 Å². The molecule has 6 nitrogen and oxygen atoms in total. The molecular weight excluding hydrogens is 321 g/mol. The smallest absolute Gasteiger partial charge is 0.267 e. The first kappa shape index (κ1) is 15.9. The van der Waals surface area contributed by atoms with Gasteiger partial charge in [-0.1, -0.05) is 6.07 Å². The van der Waals surface area contributed by atoms with Gasteiger partial charge >= 0.3 is 0 Å². The minimum atomic E-state index is -3.26. The number of aromatic amines is 1. The van der Waals surface area contributed by atoms with Crippen LogP contribution in [0.15, 0.2) is 24.3 Å². The fourth-order valence-electron chi connectivity index (χ4n) is 2.87. The number of carbonyl (C=O) groups excluding carboxylic acids is 1. The van der Waals surface area contributed by atoms with Gasteiger partial charge in [0.25, 0.3) is 5.91 Å². The Hall–Kier alpha value is -1.93. The van der Waals surface area contributed by atoms with E-state index in [0.717, 1.165) is 6.26 Å². The summed E-state index contributed by atoms with van der Waals surface area (Å²) >= 11 is 0. The van der Waals surface area contributed by atoms with E-state index in [4.69, 9.17) is 0 Å². The molecule has 0 saturated carbocycles. The maximum absolute atomic E-state index is 13.7. The normalized spacial score (nSPS) is 19.8. The molecule has 2 aromatic rings. The molecule has 1 unspecified atom stereocenters. The van der Waals surface area contributed by atoms with Crippen molar-refractivity contribution in [3.8, 4) is 0 Å². The van der Waals surface area contributed by atoms with E-state index in [1.54, 1.807) is 12.1 Å². The Labute approximate surface area is 133 Å². The zero-order valence-electron chi connectivity index (χ0n) is 12.7. The molecule has 0 bridgehead atoms. The first-order valence-electron chi connectivity index (χ1n) is 7.38. The summed E-state index contributed by atoms with van der Waals surface area (Å²) in [5, 5.41) is 3.18. The Morgan fingerprint density at radius 2 is 2.22 bits per heavy atom. The standard InChI is InChI=1S/C15H18FN3O3S/c1-23(21,22)19-7-3-4-10(9-19)17-15(20)14-8-11-12(16)5-2-6-13(11)18-14/h2,5-6,8,10,18H,3-4,7,9H2,1H3,(H,17,20). The molecule has 1 saturated heterocycles. The minimum absolute atomic E-state index is 0.248. The van der Waals surface area contributed by atoms with Crippen LogP contribution in [0, 0.1) is 5.82 Å². The summed E-state index contributed by atoms with van der Waals surface area (Å²) in [5.41, 5.74) is 0.818. The summed E-state index contributed by atoms with van der Waals surface area (Å²) in [4.78, 5) is 15.2. The second-order valence-corrected chi connectivity index (χ2v) is 7.80. The Balaban J connectivity index is 1.74. The number of nitrogens with zero attached hydrogens (tertiary/aromatic N) is 1. The fourth-order valence-corrected chi connectivity index (χ4v) is 3.78. The van der Waals surface area contributed by atoms with Crippen LogP contribution < -0.4 is 5.32 Å². The van der Waals surface area contributed by atoms with Crippen LogP contribution in [0.2, 0.25) is 0 Å². The zero-order valence-corrected chi connectivity index (χ0v) is 13.5. The van der Waals surface area contributed by atoms with Gasteiger partial charge in [0.05, 0.1) is 6.26 Å². The predicted molar refractivity (Wildman–Crippen MR) is 85.2 cm³/mol. The van der Waals surface area contributed by atoms with Crippen molar-refractivity contribution in [2.75, 3.05) is 19.3 Å². The highest BCUT2D eigenvalue weighted by atomic mass is 32.2. The summed E-state index contributed by atoms with van der Waals surface area (Å²) in [7, 11) is -3.26. The van der Waals surface area contributed by atoms with Gasteiger partial charge in [-0.2, -0.15) is 0 Å². The van der Waals surface area contributed by atoms with E-state index in [0.29, 0.717) is 30.3 Å². The molecule has 124 valence electrons. The molecule has 1 aliphatic heterocycles. The first-order valence-corrected chi connectivity index (χ1v) is 9.22. The van der Waals surface area contributed by atoms with E-state index >= 15 is 0 Å². The molecule has 1 atom stereocenters. The van der Waals surface area contributed by atoms with Gasteiger partial charge in [0, 0.05) is 30.0 Å². The molecule has 1 aromatic heterocycles. The van der Waals surface area contributed by atoms with Crippen LogP contribution in [0.3, 0.4) is 0 Å². The molecule has 8 heteroatoms. The van der Waals surface area contributed by atoms with Crippen molar-refractivity contribution in [1.82, 2.24) is 14.6 Å². The van der Waals surface area contributed by atoms with E-state index in [2.05, 4.69) is 10.3 Å². The molecule has 1 aromatic carbocycles. The predicted octanol–water partition coefficient (Wildman–Crippen LogP) is 1.46. The summed E-state index contributed by atoms with van der Waals surface area (Å²) in [6.07, 6.45) is 2.57. The van der Waals surface area contributed by atoms with Crippen LogP contribution in [0.5, 0.6) is 0 Å². The molecule has 23 heavy (non-hydrogen) atoms. The summed E-state index contributed by atoms with van der Waals surface area (Å²) in [6.45, 7) is 0.738. The highest BCUT2D eigenvalue weighted by Crippen LogP contribution is 2.19. The number of nitrogens with one attached hydrogen (secondary N) is 2. The van der Waals surface area contributed by atoms with Crippen molar-refractivity contribution in [2.45, 2.75) is 18.9 Å². The Kier molecular flexibility index (Phi) is 4.11. The monoisotopic (exact) mass is 339 g/mol. The van der Waals surface area contributed by atoms with Gasteiger partial charge in [-0.05, 0) is 31.0 Å². The second kappa shape index (κ2) is 5.93. The van der Waals surface area contributed by atoms with Crippen LogP contribution in [0.25, 0.3) is 10.9 Å². The number of piperidine rings is 1. The van der Waals surface area contributed by atoms with Gasteiger partial charge in [-0.15, -0.1) is 0 Å². The number of rotatable bonds is 3. The van der Waals surface area contributed by atoms with Crippen molar-refractivity contribution in [3.63, 3.8) is 0 Å². The number of hydrogen-bond donors (Lipinski definition) is 2. The molecule has 0 radical (unpaired) electrons. The number of halogens is 1. The highest BCUT2D eigenvalue weighted by Gasteiger charge is 2.27. The quantitative estimate of drug-likeness (QED) is 0.888. The molecule has 0 spiro atoms. The van der Waals surface area contributed by atoms with Crippen LogP contribution in [-0.4, -0.2) is 49.0 Å². The SMILES string of the molecule is CS(=O)(=O)N1CCCC(NC(=O)c2cc3c(F)cccc3[nH]2)C1. The van der Waals surface area contributed by atoms with Gasteiger partial charge < -0.3 is 10.3 Å². The average Bonchev–Trinajstić information content (AvgIpc) is 2.92. The number of sulfonamides is 1. The fraction of sp³-hybridized carbons (Fsp3) is 0.400. The van der Waals surface area contributed by atoms with E-state index < -0.39 is 15.8 Å². The lowest BCUT2D eigenvalue weighted by atomic mass is 10.1. The molecule has 2 N–H and O–H groups in total. The largest absolute Gasteiger partial charge is 0.350 e. The highest BCUT2D eigenvalue weighted by molar-refractivity contribution is 7.88. The van der Waals surface area contributed by atoms with Gasteiger partial charge in [-0.3, -0.25) is 4.79 Å². The van der Waals surface area contributed by atoms with E-state index in [-0.39, 0.29) is 24.2 Å². The number of aromatic nitrogens is 1. The zero-order chi connectivity index (χ0) is 16.6. The number of amides is 1. The third-order valence-electron chi connectivity index (χ3n) is 4.04. The van der Waals surface area contributed by atoms with Crippen molar-refractivity contribution in [1.29, 1.82) is 0 Å². The lowest BCUT2D eigenvalue weighted by Gasteiger charge is -2.31. The van der Waals surface area contributed by atoms with E-state index in [9.17, 15) is 17.6 Å². The number of carbonyl (C=O) groups is 1. The Morgan fingerprint density at radius 1 is 1.43 bits per heavy atom. The lowest BCUT2D eigenvalue weighted by molar-refractivity contribution is 0.0917. The van der Waals surface area contributed by atoms with E-state index in [1.807, 2.05) is 0 Å². The topological polar surface area (TPSA) is 82.3 Å². The maximum atomic E-state index is 13.7. The molecule has 0 aliphatic carbocycles. The van der Waals surface area contributed by atoms with Gasteiger partial charge in [0.15, 0.2) is 0 Å². The van der Waals surface area contributed by atoms with Gasteiger partial charge in [0.2, 0.25) is 10.0 Å². The Bertz CT molecular complexity index is 847. The molecule has 1 amide bonds. The molecule has 3 rings (SSSR count). The summed E-state index contributed by atoms with van der Waals surface area (Å²) in [5.74, 6) is -0.750. The second-order valence-electron chi connectivity index (χ2n) is 5.82. The van der Waals surface area contributed by atoms with Crippen molar-refractivity contribution in [3.05, 3.63) is 35.8 Å². The molecule has 2 heterocycles. The molecule has 1 aliphatic rings. The van der Waals surface area contributed by atoms with Crippen LogP contribution in [-0.2, 0) is 10.0 Å². The molecule has 1 fully saturated rings. The Morgan fingerprint density at radius 3 is 2.91 bits per heavy atom. The lowest BCUT2D eigenvalue weighted by Crippen LogP contribution is -2.49. The van der Waals surface area contributed by atoms with Crippen LogP contribution in [0.1, 0.15) is 23.3 Å². The third-order valence-corrected chi connectivity index (χ3v) is 5.31. The van der Waals surface area contributed by atoms with Crippen LogP contribution >= 0.6 is 0 Å². The minimum Gasteiger partial charge on any atom is -0.350 e. The summed E-state index contributed by atoms with van der Waals surface area (Å²) < 4.78 is 38.3. The number of fused-ring (bicyclic) bond motifs is 1. The van der Waals surface area contributed by atoms with Crippen molar-refractivity contribution in [2.24, 2.45) is 0 Å². The third kappa shape index (κ3) is 3.37. The van der Waals surface area contributed by atoms with E-state index in [1.165, 1.54) is 16.4 Å². The number of hydrogen-bond acceptors (Lipinski definition) is 3. The number of H-pyrrole nitrogens is 1. The number of benzene rings is 1. The summed E-state index contributed by atoms with van der Waals surface area (Å²) in [6, 6.07) is 5.82. The maximum Gasteiger partial charge on any atom is 0.267 e. The molecular formula is C15H18FN3O3S. The van der Waals surface area contributed by atoms with Crippen molar-refractivity contribution >= 4 is 26.8 Å².